The Balaban J connectivity index is 1.48. The summed E-state index contributed by atoms with van der Waals surface area (Å²) in [6.45, 7) is 2.30. The lowest BCUT2D eigenvalue weighted by atomic mass is 10.2. The zero-order chi connectivity index (χ0) is 19.1. The van der Waals surface area contributed by atoms with Gasteiger partial charge in [-0.2, -0.15) is 5.10 Å². The number of hydrazone groups is 1. The summed E-state index contributed by atoms with van der Waals surface area (Å²) < 4.78 is 6.49. The van der Waals surface area contributed by atoms with Crippen LogP contribution in [0, 0.1) is 0 Å². The molecule has 3 rings (SSSR count). The highest BCUT2D eigenvalue weighted by Crippen LogP contribution is 2.24. The van der Waals surface area contributed by atoms with Gasteiger partial charge in [-0.05, 0) is 37.3 Å². The molecular weight excluding hydrogens is 362 g/mol. The van der Waals surface area contributed by atoms with E-state index < -0.39 is 5.91 Å². The second-order valence-corrected chi connectivity index (χ2v) is 6.53. The SMILES string of the molecule is CCOc1ccc(C(=O)NCC(=O)N/N=C/c2csc3ccccc23)cc1. The third-order valence-corrected chi connectivity index (χ3v) is 4.72. The number of hydrogen-bond donors (Lipinski definition) is 2. The smallest absolute Gasteiger partial charge is 0.259 e. The van der Waals surface area contributed by atoms with Crippen LogP contribution in [0.1, 0.15) is 22.8 Å². The summed E-state index contributed by atoms with van der Waals surface area (Å²) in [4.78, 5) is 23.9. The van der Waals surface area contributed by atoms with E-state index in [0.717, 1.165) is 15.6 Å². The summed E-state index contributed by atoms with van der Waals surface area (Å²) in [5.74, 6) is -0.0341. The number of nitrogens with one attached hydrogen (secondary N) is 2. The summed E-state index contributed by atoms with van der Waals surface area (Å²) >= 11 is 1.62. The summed E-state index contributed by atoms with van der Waals surface area (Å²) in [5, 5.41) is 9.59. The fourth-order valence-electron chi connectivity index (χ4n) is 2.44. The van der Waals surface area contributed by atoms with Crippen molar-refractivity contribution in [2.45, 2.75) is 6.92 Å². The van der Waals surface area contributed by atoms with E-state index in [1.54, 1.807) is 41.8 Å². The van der Waals surface area contributed by atoms with Crippen molar-refractivity contribution in [2.24, 2.45) is 5.10 Å². The van der Waals surface area contributed by atoms with E-state index in [2.05, 4.69) is 15.8 Å². The van der Waals surface area contributed by atoms with E-state index >= 15 is 0 Å². The molecule has 0 aliphatic rings. The van der Waals surface area contributed by atoms with Crippen LogP contribution in [-0.4, -0.2) is 31.2 Å². The number of thiophene rings is 1. The van der Waals surface area contributed by atoms with Crippen LogP contribution < -0.4 is 15.5 Å². The second-order valence-electron chi connectivity index (χ2n) is 5.62. The third kappa shape index (κ3) is 4.92. The molecule has 138 valence electrons. The molecule has 0 aliphatic heterocycles. The highest BCUT2D eigenvalue weighted by Gasteiger charge is 2.08. The predicted octanol–water partition coefficient (Wildman–Crippen LogP) is 3.18. The molecule has 0 bridgehead atoms. The predicted molar refractivity (Wildman–Crippen MR) is 108 cm³/mol. The first-order chi connectivity index (χ1) is 13.2. The van der Waals surface area contributed by atoms with Crippen LogP contribution in [0.5, 0.6) is 5.75 Å². The average molecular weight is 381 g/mol. The molecule has 0 radical (unpaired) electrons. The lowest BCUT2D eigenvalue weighted by Gasteiger charge is -2.06. The molecule has 0 atom stereocenters. The maximum absolute atomic E-state index is 12.1. The van der Waals surface area contributed by atoms with Crippen LogP contribution in [0.2, 0.25) is 0 Å². The first kappa shape index (κ1) is 18.6. The van der Waals surface area contributed by atoms with Gasteiger partial charge in [-0.3, -0.25) is 9.59 Å². The van der Waals surface area contributed by atoms with E-state index in [1.807, 2.05) is 36.6 Å². The van der Waals surface area contributed by atoms with Gasteiger partial charge in [0.05, 0.1) is 19.4 Å². The summed E-state index contributed by atoms with van der Waals surface area (Å²) in [6.07, 6.45) is 1.60. The largest absolute Gasteiger partial charge is 0.494 e. The number of amides is 2. The zero-order valence-electron chi connectivity index (χ0n) is 14.8. The molecule has 3 aromatic rings. The monoisotopic (exact) mass is 381 g/mol. The van der Waals surface area contributed by atoms with Gasteiger partial charge in [-0.1, -0.05) is 18.2 Å². The number of rotatable bonds is 7. The molecular formula is C20H19N3O3S. The van der Waals surface area contributed by atoms with E-state index in [1.165, 1.54) is 0 Å². The molecule has 27 heavy (non-hydrogen) atoms. The van der Waals surface area contributed by atoms with Crippen molar-refractivity contribution in [1.29, 1.82) is 0 Å². The van der Waals surface area contributed by atoms with Crippen molar-refractivity contribution < 1.29 is 14.3 Å². The van der Waals surface area contributed by atoms with E-state index in [9.17, 15) is 9.59 Å². The molecule has 0 unspecified atom stereocenters. The van der Waals surface area contributed by atoms with Crippen molar-refractivity contribution in [3.05, 3.63) is 65.0 Å². The van der Waals surface area contributed by atoms with E-state index in [4.69, 9.17) is 4.74 Å². The van der Waals surface area contributed by atoms with Crippen molar-refractivity contribution in [3.8, 4) is 5.75 Å². The zero-order valence-corrected chi connectivity index (χ0v) is 15.6. The first-order valence-corrected chi connectivity index (χ1v) is 9.34. The Morgan fingerprint density at radius 2 is 1.93 bits per heavy atom. The number of fused-ring (bicyclic) bond motifs is 1. The highest BCUT2D eigenvalue weighted by molar-refractivity contribution is 7.17. The molecule has 1 aromatic heterocycles. The van der Waals surface area contributed by atoms with Crippen LogP contribution in [0.3, 0.4) is 0 Å². The van der Waals surface area contributed by atoms with E-state index in [0.29, 0.717) is 17.9 Å². The number of hydrogen-bond acceptors (Lipinski definition) is 5. The van der Waals surface area contributed by atoms with Crippen LogP contribution in [0.25, 0.3) is 10.1 Å². The lowest BCUT2D eigenvalue weighted by Crippen LogP contribution is -2.34. The van der Waals surface area contributed by atoms with Gasteiger partial charge in [0, 0.05) is 26.6 Å². The second kappa shape index (κ2) is 8.95. The summed E-state index contributed by atoms with van der Waals surface area (Å²) in [6, 6.07) is 14.7. The van der Waals surface area contributed by atoms with Gasteiger partial charge in [0.25, 0.3) is 11.8 Å². The fourth-order valence-corrected chi connectivity index (χ4v) is 3.36. The van der Waals surface area contributed by atoms with Crippen LogP contribution in [-0.2, 0) is 4.79 Å². The number of ether oxygens (including phenoxy) is 1. The van der Waals surface area contributed by atoms with Gasteiger partial charge < -0.3 is 10.1 Å². The quantitative estimate of drug-likeness (QED) is 0.487. The van der Waals surface area contributed by atoms with Crippen molar-refractivity contribution in [2.75, 3.05) is 13.2 Å². The molecule has 2 amide bonds. The number of carbonyl (C=O) groups is 2. The standard InChI is InChI=1S/C20H19N3O3S/c1-2-26-16-9-7-14(8-10-16)20(25)21-12-19(24)23-22-11-15-13-27-18-6-4-3-5-17(15)18/h3-11,13H,2,12H2,1H3,(H,21,25)(H,23,24)/b22-11+. The van der Waals surface area contributed by atoms with Gasteiger partial charge in [0.1, 0.15) is 5.75 Å². The number of nitrogens with zero attached hydrogens (tertiary/aromatic N) is 1. The number of benzene rings is 2. The molecule has 0 spiro atoms. The molecule has 1 heterocycles. The molecule has 0 saturated heterocycles. The lowest BCUT2D eigenvalue weighted by molar-refractivity contribution is -0.120. The molecule has 2 N–H and O–H groups in total. The highest BCUT2D eigenvalue weighted by atomic mass is 32.1. The Bertz CT molecular complexity index is 964. The summed E-state index contributed by atoms with van der Waals surface area (Å²) in [7, 11) is 0. The molecule has 0 aliphatic carbocycles. The molecule has 7 heteroatoms. The number of carbonyl (C=O) groups excluding carboxylic acids is 2. The normalized spacial score (nSPS) is 10.9. The Morgan fingerprint density at radius 3 is 2.70 bits per heavy atom. The fraction of sp³-hybridized carbons (Fsp3) is 0.150. The summed E-state index contributed by atoms with van der Waals surface area (Å²) in [5.41, 5.74) is 3.82. The Labute approximate surface area is 160 Å². The van der Waals surface area contributed by atoms with Crippen molar-refractivity contribution in [1.82, 2.24) is 10.7 Å². The third-order valence-electron chi connectivity index (χ3n) is 3.74. The maximum Gasteiger partial charge on any atom is 0.259 e. The Hall–Kier alpha value is -3.19. The van der Waals surface area contributed by atoms with Crippen LogP contribution in [0.15, 0.2) is 59.0 Å². The molecule has 0 fully saturated rings. The van der Waals surface area contributed by atoms with Gasteiger partial charge in [0.2, 0.25) is 0 Å². The topological polar surface area (TPSA) is 79.8 Å². The average Bonchev–Trinajstić information content (AvgIpc) is 3.10. The van der Waals surface area contributed by atoms with Gasteiger partial charge in [-0.25, -0.2) is 5.43 Å². The Morgan fingerprint density at radius 1 is 1.15 bits per heavy atom. The van der Waals surface area contributed by atoms with Crippen molar-refractivity contribution >= 4 is 39.5 Å². The molecule has 2 aromatic carbocycles. The molecule has 6 nitrogen and oxygen atoms in total. The minimum absolute atomic E-state index is 0.159. The Kier molecular flexibility index (Phi) is 6.17. The minimum Gasteiger partial charge on any atom is -0.494 e. The maximum atomic E-state index is 12.1. The van der Waals surface area contributed by atoms with Crippen LogP contribution >= 0.6 is 11.3 Å². The van der Waals surface area contributed by atoms with Gasteiger partial charge >= 0.3 is 0 Å². The van der Waals surface area contributed by atoms with Gasteiger partial charge in [0.15, 0.2) is 0 Å². The van der Waals surface area contributed by atoms with Gasteiger partial charge in [-0.15, -0.1) is 11.3 Å². The van der Waals surface area contributed by atoms with E-state index in [-0.39, 0.29) is 12.5 Å². The first-order valence-electron chi connectivity index (χ1n) is 8.46. The molecule has 0 saturated carbocycles. The van der Waals surface area contributed by atoms with Crippen molar-refractivity contribution in [3.63, 3.8) is 0 Å². The minimum atomic E-state index is -0.398. The van der Waals surface area contributed by atoms with Crippen LogP contribution in [0.4, 0.5) is 0 Å².